The van der Waals surface area contributed by atoms with E-state index in [0.717, 1.165) is 31.2 Å². The van der Waals surface area contributed by atoms with Crippen LogP contribution < -0.4 is 5.32 Å². The van der Waals surface area contributed by atoms with Crippen molar-refractivity contribution in [2.24, 2.45) is 0 Å². The van der Waals surface area contributed by atoms with Crippen LogP contribution in [0.3, 0.4) is 0 Å². The summed E-state index contributed by atoms with van der Waals surface area (Å²) < 4.78 is 17.9. The molecule has 1 aliphatic carbocycles. The molecule has 0 aromatic heterocycles. The van der Waals surface area contributed by atoms with Crippen LogP contribution in [0.5, 0.6) is 0 Å². The summed E-state index contributed by atoms with van der Waals surface area (Å²) in [5.74, 6) is -0.208. The van der Waals surface area contributed by atoms with Gasteiger partial charge in [0.1, 0.15) is 5.82 Å². The van der Waals surface area contributed by atoms with Crippen molar-refractivity contribution in [1.82, 2.24) is 5.32 Å². The normalized spacial score (nSPS) is 16.7. The van der Waals surface area contributed by atoms with Crippen molar-refractivity contribution < 1.29 is 13.9 Å². The molecular formula is C15H20FNO2. The summed E-state index contributed by atoms with van der Waals surface area (Å²) in [6.45, 7) is 1.26. The lowest BCUT2D eigenvalue weighted by Gasteiger charge is -2.40. The molecule has 1 fully saturated rings. The van der Waals surface area contributed by atoms with E-state index in [4.69, 9.17) is 4.74 Å². The van der Waals surface area contributed by atoms with Crippen LogP contribution in [-0.2, 0) is 14.9 Å². The molecule has 0 bridgehead atoms. The van der Waals surface area contributed by atoms with Crippen LogP contribution >= 0.6 is 0 Å². The number of ether oxygens (including phenoxy) is 1. The highest BCUT2D eigenvalue weighted by Gasteiger charge is 2.45. The zero-order chi connectivity index (χ0) is 13.7. The molecule has 0 unspecified atom stereocenters. The highest BCUT2D eigenvalue weighted by Crippen LogP contribution is 2.43. The standard InChI is InChI=1S/C15H20FNO2/c1-19-11-3-10-17-14(18)15(8-2-9-15)12-4-6-13(16)7-5-12/h4-7H,2-3,8-11H2,1H3,(H,17,18). The third-order valence-electron chi connectivity index (χ3n) is 3.85. The summed E-state index contributed by atoms with van der Waals surface area (Å²) in [6.07, 6.45) is 3.54. The van der Waals surface area contributed by atoms with Gasteiger partial charge >= 0.3 is 0 Å². The molecule has 1 amide bonds. The van der Waals surface area contributed by atoms with Gasteiger partial charge in [-0.25, -0.2) is 4.39 Å². The summed E-state index contributed by atoms with van der Waals surface area (Å²) in [6, 6.07) is 6.30. The van der Waals surface area contributed by atoms with E-state index < -0.39 is 5.41 Å². The quantitative estimate of drug-likeness (QED) is 0.802. The Hall–Kier alpha value is -1.42. The lowest BCUT2D eigenvalue weighted by molar-refractivity contribution is -0.129. The Morgan fingerprint density at radius 1 is 1.37 bits per heavy atom. The molecule has 0 spiro atoms. The zero-order valence-corrected chi connectivity index (χ0v) is 11.2. The second kappa shape index (κ2) is 6.15. The largest absolute Gasteiger partial charge is 0.385 e. The van der Waals surface area contributed by atoms with E-state index in [-0.39, 0.29) is 11.7 Å². The van der Waals surface area contributed by atoms with Gasteiger partial charge in [0, 0.05) is 20.3 Å². The number of nitrogens with one attached hydrogen (secondary N) is 1. The maximum Gasteiger partial charge on any atom is 0.230 e. The van der Waals surface area contributed by atoms with E-state index in [1.165, 1.54) is 12.1 Å². The summed E-state index contributed by atoms with van der Waals surface area (Å²) in [5, 5.41) is 2.96. The Labute approximate surface area is 113 Å². The van der Waals surface area contributed by atoms with Crippen molar-refractivity contribution in [2.45, 2.75) is 31.1 Å². The Balaban J connectivity index is 2.01. The molecule has 0 heterocycles. The maximum absolute atomic E-state index is 13.0. The van der Waals surface area contributed by atoms with Crippen molar-refractivity contribution in [3.8, 4) is 0 Å². The van der Waals surface area contributed by atoms with E-state index in [2.05, 4.69) is 5.32 Å². The first kappa shape index (κ1) is 14.0. The van der Waals surface area contributed by atoms with Crippen LogP contribution in [-0.4, -0.2) is 26.2 Å². The molecule has 2 rings (SSSR count). The molecule has 1 aromatic rings. The van der Waals surface area contributed by atoms with E-state index in [9.17, 15) is 9.18 Å². The maximum atomic E-state index is 13.0. The molecule has 0 aliphatic heterocycles. The summed E-state index contributed by atoms with van der Waals surface area (Å²) in [7, 11) is 1.65. The van der Waals surface area contributed by atoms with Crippen LogP contribution in [0.1, 0.15) is 31.2 Å². The second-order valence-electron chi connectivity index (χ2n) is 5.04. The van der Waals surface area contributed by atoms with Crippen LogP contribution in [0.2, 0.25) is 0 Å². The van der Waals surface area contributed by atoms with Crippen LogP contribution in [0.15, 0.2) is 24.3 Å². The monoisotopic (exact) mass is 265 g/mol. The first-order valence-corrected chi connectivity index (χ1v) is 6.72. The van der Waals surface area contributed by atoms with Gasteiger partial charge in [-0.1, -0.05) is 18.6 Å². The first-order valence-electron chi connectivity index (χ1n) is 6.72. The minimum atomic E-state index is -0.444. The highest BCUT2D eigenvalue weighted by atomic mass is 19.1. The average Bonchev–Trinajstić information content (AvgIpc) is 2.36. The first-order chi connectivity index (χ1) is 9.19. The van der Waals surface area contributed by atoms with Gasteiger partial charge < -0.3 is 10.1 Å². The van der Waals surface area contributed by atoms with E-state index in [0.29, 0.717) is 13.2 Å². The fourth-order valence-corrected chi connectivity index (χ4v) is 2.53. The highest BCUT2D eigenvalue weighted by molar-refractivity contribution is 5.89. The van der Waals surface area contributed by atoms with Crippen molar-refractivity contribution in [3.63, 3.8) is 0 Å². The van der Waals surface area contributed by atoms with Gasteiger partial charge in [0.2, 0.25) is 5.91 Å². The molecule has 1 aliphatic rings. The second-order valence-corrected chi connectivity index (χ2v) is 5.04. The minimum absolute atomic E-state index is 0.0569. The Morgan fingerprint density at radius 3 is 2.58 bits per heavy atom. The number of benzene rings is 1. The molecule has 1 saturated carbocycles. The Bertz CT molecular complexity index is 426. The smallest absolute Gasteiger partial charge is 0.230 e. The number of rotatable bonds is 6. The van der Waals surface area contributed by atoms with Crippen molar-refractivity contribution in [2.75, 3.05) is 20.3 Å². The molecule has 3 nitrogen and oxygen atoms in total. The molecule has 0 radical (unpaired) electrons. The number of carbonyl (C=O) groups excluding carboxylic acids is 1. The number of methoxy groups -OCH3 is 1. The van der Waals surface area contributed by atoms with Crippen LogP contribution in [0, 0.1) is 5.82 Å². The topological polar surface area (TPSA) is 38.3 Å². The van der Waals surface area contributed by atoms with Crippen molar-refractivity contribution in [1.29, 1.82) is 0 Å². The summed E-state index contributed by atoms with van der Waals surface area (Å²) in [4.78, 5) is 12.4. The number of halogens is 1. The predicted octanol–water partition coefficient (Wildman–Crippen LogP) is 2.40. The minimum Gasteiger partial charge on any atom is -0.385 e. The van der Waals surface area contributed by atoms with Gasteiger partial charge in [-0.05, 0) is 37.0 Å². The average molecular weight is 265 g/mol. The third-order valence-corrected chi connectivity index (χ3v) is 3.85. The van der Waals surface area contributed by atoms with E-state index in [1.807, 2.05) is 0 Å². The lowest BCUT2D eigenvalue weighted by Crippen LogP contribution is -2.49. The molecule has 1 N–H and O–H groups in total. The van der Waals surface area contributed by atoms with Crippen molar-refractivity contribution >= 4 is 5.91 Å². The van der Waals surface area contributed by atoms with Crippen molar-refractivity contribution in [3.05, 3.63) is 35.6 Å². The summed E-state index contributed by atoms with van der Waals surface area (Å²) >= 11 is 0. The van der Waals surface area contributed by atoms with Gasteiger partial charge in [-0.3, -0.25) is 4.79 Å². The molecule has 0 atom stereocenters. The number of amides is 1. The summed E-state index contributed by atoms with van der Waals surface area (Å²) in [5.41, 5.74) is 0.477. The number of carbonyl (C=O) groups is 1. The molecular weight excluding hydrogens is 245 g/mol. The molecule has 19 heavy (non-hydrogen) atoms. The lowest BCUT2D eigenvalue weighted by atomic mass is 9.64. The Kier molecular flexibility index (Phi) is 4.53. The van der Waals surface area contributed by atoms with Gasteiger partial charge in [0.25, 0.3) is 0 Å². The fourth-order valence-electron chi connectivity index (χ4n) is 2.53. The van der Waals surface area contributed by atoms with Gasteiger partial charge in [-0.2, -0.15) is 0 Å². The number of hydrogen-bond donors (Lipinski definition) is 1. The predicted molar refractivity (Wildman–Crippen MR) is 71.4 cm³/mol. The fraction of sp³-hybridized carbons (Fsp3) is 0.533. The molecule has 104 valence electrons. The SMILES string of the molecule is COCCCNC(=O)C1(c2ccc(F)cc2)CCC1. The van der Waals surface area contributed by atoms with Gasteiger partial charge in [-0.15, -0.1) is 0 Å². The molecule has 1 aromatic carbocycles. The van der Waals surface area contributed by atoms with Gasteiger partial charge in [0.05, 0.1) is 5.41 Å². The molecule has 4 heteroatoms. The Morgan fingerprint density at radius 2 is 2.05 bits per heavy atom. The van der Waals surface area contributed by atoms with E-state index >= 15 is 0 Å². The third kappa shape index (κ3) is 2.95. The number of hydrogen-bond acceptors (Lipinski definition) is 2. The van der Waals surface area contributed by atoms with E-state index in [1.54, 1.807) is 19.2 Å². The van der Waals surface area contributed by atoms with Gasteiger partial charge in [0.15, 0.2) is 0 Å². The zero-order valence-electron chi connectivity index (χ0n) is 11.2. The van der Waals surface area contributed by atoms with Crippen LogP contribution in [0.4, 0.5) is 4.39 Å². The van der Waals surface area contributed by atoms with Crippen LogP contribution in [0.25, 0.3) is 0 Å². The molecule has 0 saturated heterocycles.